The van der Waals surface area contributed by atoms with Crippen LogP contribution in [0.4, 0.5) is 5.69 Å². The zero-order valence-corrected chi connectivity index (χ0v) is 17.2. The average molecular weight is 454 g/mol. The number of carbonyl (C=O) groups excluding carboxylic acids is 2. The zero-order valence-electron chi connectivity index (χ0n) is 14.8. The molecule has 0 saturated carbocycles. The molecule has 0 aliphatic heterocycles. The van der Waals surface area contributed by atoms with Gasteiger partial charge in [0.25, 0.3) is 5.91 Å². The molecule has 0 fully saturated rings. The summed E-state index contributed by atoms with van der Waals surface area (Å²) in [6.07, 6.45) is 0. The molecule has 2 aromatic rings. The van der Waals surface area contributed by atoms with Crippen LogP contribution in [0.15, 0.2) is 51.8 Å². The lowest BCUT2D eigenvalue weighted by Gasteiger charge is -2.10. The molecule has 0 aliphatic rings. The molecule has 0 aromatic heterocycles. The van der Waals surface area contributed by atoms with Crippen molar-refractivity contribution in [1.29, 1.82) is 0 Å². The quantitative estimate of drug-likeness (QED) is 0.622. The number of nitrogens with two attached hydrogens (primary N) is 1. The van der Waals surface area contributed by atoms with Crippen LogP contribution in [0.5, 0.6) is 0 Å². The molecule has 27 heavy (non-hydrogen) atoms. The first kappa shape index (κ1) is 21.1. The van der Waals surface area contributed by atoms with E-state index in [9.17, 15) is 18.0 Å². The van der Waals surface area contributed by atoms with Crippen molar-refractivity contribution in [3.8, 4) is 0 Å². The van der Waals surface area contributed by atoms with Crippen LogP contribution in [0.2, 0.25) is 0 Å². The van der Waals surface area contributed by atoms with Gasteiger partial charge < -0.3 is 10.6 Å². The van der Waals surface area contributed by atoms with Crippen LogP contribution >= 0.6 is 15.9 Å². The third kappa shape index (κ3) is 5.88. The van der Waals surface area contributed by atoms with Gasteiger partial charge in [-0.25, -0.2) is 13.6 Å². The predicted molar refractivity (Wildman–Crippen MR) is 107 cm³/mol. The number of hydrogen-bond acceptors (Lipinski definition) is 4. The monoisotopic (exact) mass is 453 g/mol. The molecular formula is C18H20BrN3O4S. The summed E-state index contributed by atoms with van der Waals surface area (Å²) >= 11 is 3.23. The van der Waals surface area contributed by atoms with E-state index in [-0.39, 0.29) is 28.8 Å². The van der Waals surface area contributed by atoms with Gasteiger partial charge in [-0.05, 0) is 51.8 Å². The van der Waals surface area contributed by atoms with Crippen molar-refractivity contribution in [2.24, 2.45) is 11.1 Å². The largest absolute Gasteiger partial charge is 0.348 e. The molecule has 2 amide bonds. The second-order valence-electron chi connectivity index (χ2n) is 6.21. The molecule has 2 rings (SSSR count). The minimum Gasteiger partial charge on any atom is -0.348 e. The lowest BCUT2D eigenvalue weighted by Crippen LogP contribution is -2.24. The van der Waals surface area contributed by atoms with Crippen LogP contribution in [0.25, 0.3) is 0 Å². The van der Waals surface area contributed by atoms with Gasteiger partial charge in [0, 0.05) is 22.6 Å². The number of primary sulfonamides is 1. The Bertz CT molecular complexity index is 957. The number of halogens is 1. The summed E-state index contributed by atoms with van der Waals surface area (Å²) in [6.45, 7) is 3.85. The highest BCUT2D eigenvalue weighted by molar-refractivity contribution is 9.10. The van der Waals surface area contributed by atoms with Crippen molar-refractivity contribution < 1.29 is 18.0 Å². The number of anilines is 1. The molecule has 0 saturated heterocycles. The molecule has 4 N–H and O–H groups in total. The highest BCUT2D eigenvalue weighted by Crippen LogP contribution is 2.20. The van der Waals surface area contributed by atoms with Gasteiger partial charge in [-0.15, -0.1) is 0 Å². The van der Waals surface area contributed by atoms with E-state index in [1.807, 2.05) is 13.8 Å². The van der Waals surface area contributed by atoms with Crippen molar-refractivity contribution in [1.82, 2.24) is 5.32 Å². The minimum atomic E-state index is -3.90. The van der Waals surface area contributed by atoms with Crippen molar-refractivity contribution in [3.05, 3.63) is 58.1 Å². The molecule has 2 aromatic carbocycles. The first-order valence-electron chi connectivity index (χ1n) is 8.08. The zero-order chi connectivity index (χ0) is 20.2. The first-order valence-corrected chi connectivity index (χ1v) is 10.4. The van der Waals surface area contributed by atoms with Crippen molar-refractivity contribution in [2.45, 2.75) is 25.3 Å². The topological polar surface area (TPSA) is 118 Å². The normalized spacial score (nSPS) is 11.3. The van der Waals surface area contributed by atoms with Crippen LogP contribution in [0, 0.1) is 5.92 Å². The molecule has 0 aliphatic carbocycles. The number of carbonyl (C=O) groups is 2. The second-order valence-corrected chi connectivity index (χ2v) is 8.63. The highest BCUT2D eigenvalue weighted by atomic mass is 79.9. The van der Waals surface area contributed by atoms with E-state index in [1.165, 1.54) is 18.2 Å². The van der Waals surface area contributed by atoms with Gasteiger partial charge in [0.15, 0.2) is 0 Å². The summed E-state index contributed by atoms with van der Waals surface area (Å²) in [4.78, 5) is 23.9. The lowest BCUT2D eigenvalue weighted by atomic mass is 10.1. The summed E-state index contributed by atoms with van der Waals surface area (Å²) in [6, 6.07) is 11.1. The van der Waals surface area contributed by atoms with Crippen LogP contribution in [0.1, 0.15) is 29.8 Å². The van der Waals surface area contributed by atoms with E-state index < -0.39 is 15.9 Å². The third-order valence-electron chi connectivity index (χ3n) is 3.71. The van der Waals surface area contributed by atoms with Crippen molar-refractivity contribution >= 4 is 43.5 Å². The maximum Gasteiger partial charge on any atom is 0.252 e. The summed E-state index contributed by atoms with van der Waals surface area (Å²) in [7, 11) is -3.90. The molecule has 0 atom stereocenters. The first-order chi connectivity index (χ1) is 12.6. The van der Waals surface area contributed by atoms with Crippen LogP contribution < -0.4 is 15.8 Å². The summed E-state index contributed by atoms with van der Waals surface area (Å²) in [5.41, 5.74) is 1.67. The smallest absolute Gasteiger partial charge is 0.252 e. The molecule has 0 heterocycles. The van der Waals surface area contributed by atoms with E-state index in [1.54, 1.807) is 24.3 Å². The Morgan fingerprint density at radius 3 is 2.30 bits per heavy atom. The summed E-state index contributed by atoms with van der Waals surface area (Å²) in [5.74, 6) is -0.629. The Kier molecular flexibility index (Phi) is 6.74. The lowest BCUT2D eigenvalue weighted by molar-refractivity contribution is -0.118. The maximum absolute atomic E-state index is 12.4. The Morgan fingerprint density at radius 2 is 1.74 bits per heavy atom. The number of amides is 2. The minimum absolute atomic E-state index is 0.0735. The van der Waals surface area contributed by atoms with Crippen LogP contribution in [-0.4, -0.2) is 20.2 Å². The third-order valence-corrected chi connectivity index (χ3v) is 5.31. The fourth-order valence-electron chi connectivity index (χ4n) is 2.13. The highest BCUT2D eigenvalue weighted by Gasteiger charge is 2.15. The summed E-state index contributed by atoms with van der Waals surface area (Å²) < 4.78 is 23.4. The fraction of sp³-hybridized carbons (Fsp3) is 0.222. The van der Waals surface area contributed by atoms with Gasteiger partial charge in [-0.1, -0.05) is 26.0 Å². The van der Waals surface area contributed by atoms with Crippen molar-refractivity contribution in [3.63, 3.8) is 0 Å². The number of rotatable bonds is 6. The Labute approximate surface area is 166 Å². The van der Waals surface area contributed by atoms with Gasteiger partial charge in [0.2, 0.25) is 15.9 Å². The van der Waals surface area contributed by atoms with E-state index in [4.69, 9.17) is 5.14 Å². The number of hydrogen-bond donors (Lipinski definition) is 3. The van der Waals surface area contributed by atoms with Gasteiger partial charge in [0.05, 0.1) is 10.5 Å². The summed E-state index contributed by atoms with van der Waals surface area (Å²) in [5, 5.41) is 10.6. The number of sulfonamides is 1. The van der Waals surface area contributed by atoms with Gasteiger partial charge in [0.1, 0.15) is 0 Å². The standard InChI is InChI=1S/C18H20BrN3O4S/c1-11(2)17(23)22-13-5-3-12(4-6-13)10-21-18(24)15-9-14(27(20,25)26)7-8-16(15)19/h3-9,11H,10H2,1-2H3,(H,21,24)(H,22,23)(H2,20,25,26). The van der Waals surface area contributed by atoms with E-state index >= 15 is 0 Å². The Morgan fingerprint density at radius 1 is 1.11 bits per heavy atom. The molecule has 0 unspecified atom stereocenters. The van der Waals surface area contributed by atoms with Crippen LogP contribution in [0.3, 0.4) is 0 Å². The maximum atomic E-state index is 12.4. The Balaban J connectivity index is 2.05. The molecule has 9 heteroatoms. The SMILES string of the molecule is CC(C)C(=O)Nc1ccc(CNC(=O)c2cc(S(N)(=O)=O)ccc2Br)cc1. The van der Waals surface area contributed by atoms with E-state index in [2.05, 4.69) is 26.6 Å². The molecule has 0 bridgehead atoms. The molecule has 144 valence electrons. The van der Waals surface area contributed by atoms with Gasteiger partial charge in [-0.3, -0.25) is 9.59 Å². The second kappa shape index (κ2) is 8.64. The van der Waals surface area contributed by atoms with Crippen molar-refractivity contribution in [2.75, 3.05) is 5.32 Å². The van der Waals surface area contributed by atoms with E-state index in [0.717, 1.165) is 5.56 Å². The molecular weight excluding hydrogens is 434 g/mol. The fourth-order valence-corrected chi connectivity index (χ4v) is 3.09. The Hall–Kier alpha value is -2.23. The number of benzene rings is 2. The van der Waals surface area contributed by atoms with Gasteiger partial charge >= 0.3 is 0 Å². The molecule has 7 nitrogen and oxygen atoms in total. The van der Waals surface area contributed by atoms with Gasteiger partial charge in [-0.2, -0.15) is 0 Å². The van der Waals surface area contributed by atoms with Crippen LogP contribution in [-0.2, 0) is 21.4 Å². The van der Waals surface area contributed by atoms with E-state index in [0.29, 0.717) is 10.2 Å². The average Bonchev–Trinajstić information content (AvgIpc) is 2.60. The predicted octanol–water partition coefficient (Wildman–Crippen LogP) is 2.62. The molecule has 0 spiro atoms. The number of nitrogens with one attached hydrogen (secondary N) is 2. The molecule has 0 radical (unpaired) electrons.